The number of ether oxygens (including phenoxy) is 1. The Morgan fingerprint density at radius 1 is 0.710 bits per heavy atom. The van der Waals surface area contributed by atoms with E-state index in [4.69, 9.17) is 9.72 Å². The monoisotopic (exact) mass is 401 g/mol. The van der Waals surface area contributed by atoms with Gasteiger partial charge in [0.15, 0.2) is 11.5 Å². The maximum absolute atomic E-state index is 13.1. The molecule has 4 aromatic carbocycles. The van der Waals surface area contributed by atoms with E-state index in [2.05, 4.69) is 11.0 Å². The molecule has 5 heteroatoms. The number of rotatable bonds is 1. The molecule has 0 N–H and O–H groups in total. The Morgan fingerprint density at radius 2 is 1.39 bits per heavy atom. The molecule has 0 aliphatic carbocycles. The van der Waals surface area contributed by atoms with Crippen LogP contribution in [0.4, 0.5) is 17.1 Å². The first-order valence-electron chi connectivity index (χ1n) is 10.1. The normalized spacial score (nSPS) is 13.4. The Kier molecular flexibility index (Phi) is 3.09. The Morgan fingerprint density at radius 3 is 2.16 bits per heavy atom. The van der Waals surface area contributed by atoms with Crippen LogP contribution in [0.25, 0.3) is 22.4 Å². The molecule has 0 fully saturated rings. The second-order valence-corrected chi connectivity index (χ2v) is 7.67. The van der Waals surface area contributed by atoms with Crippen molar-refractivity contribution < 1.29 is 9.53 Å². The summed E-state index contributed by atoms with van der Waals surface area (Å²) < 4.78 is 7.84. The molecule has 0 unspecified atom stereocenters. The Hall–Kier alpha value is -4.38. The number of fused-ring (bicyclic) bond motifs is 7. The molecule has 146 valence electrons. The molecule has 2 aliphatic rings. The molecule has 0 radical (unpaired) electrons. The summed E-state index contributed by atoms with van der Waals surface area (Å²) in [5.41, 5.74) is 6.05. The lowest BCUT2D eigenvalue weighted by Gasteiger charge is -2.32. The second kappa shape index (κ2) is 5.83. The first-order valence-corrected chi connectivity index (χ1v) is 10.1. The molecular weight excluding hydrogens is 386 g/mol. The number of hydrogen-bond donors (Lipinski definition) is 0. The van der Waals surface area contributed by atoms with Gasteiger partial charge in [0.2, 0.25) is 0 Å². The summed E-state index contributed by atoms with van der Waals surface area (Å²) in [5.74, 6) is 2.25. The standard InChI is InChI=1S/C26H15N3O2/c30-26-17-14-13-16(15-18(17)25-27-19-7-1-2-8-20(19)29(25)26)28-21-9-3-5-11-23(21)31-24-12-6-4-10-22(24)28/h1-15H. The van der Waals surface area contributed by atoms with Gasteiger partial charge >= 0.3 is 0 Å². The minimum absolute atomic E-state index is 0.0342. The molecule has 31 heavy (non-hydrogen) atoms. The topological polar surface area (TPSA) is 47.4 Å². The van der Waals surface area contributed by atoms with Gasteiger partial charge in [-0.2, -0.15) is 0 Å². The molecule has 0 saturated heterocycles. The Labute approximate surface area is 177 Å². The summed E-state index contributed by atoms with van der Waals surface area (Å²) >= 11 is 0. The van der Waals surface area contributed by atoms with E-state index in [0.717, 1.165) is 45.2 Å². The maximum Gasteiger partial charge on any atom is 0.264 e. The van der Waals surface area contributed by atoms with Gasteiger partial charge < -0.3 is 9.64 Å². The second-order valence-electron chi connectivity index (χ2n) is 7.67. The molecule has 0 atom stereocenters. The summed E-state index contributed by atoms with van der Waals surface area (Å²) in [4.78, 5) is 20.1. The molecular formula is C26H15N3O2. The molecule has 0 amide bonds. The SMILES string of the molecule is O=C1c2ccc(N3c4ccccc4Oc4ccccc43)cc2-c2nc3ccccc3n21. The largest absolute Gasteiger partial charge is 0.453 e. The van der Waals surface area contributed by atoms with E-state index in [1.165, 1.54) is 0 Å². The predicted molar refractivity (Wildman–Crippen MR) is 120 cm³/mol. The maximum atomic E-state index is 13.1. The molecule has 0 saturated carbocycles. The number of benzene rings is 4. The van der Waals surface area contributed by atoms with Crippen molar-refractivity contribution >= 4 is 34.0 Å². The molecule has 5 nitrogen and oxygen atoms in total. The number of carbonyl (C=O) groups excluding carboxylic acids is 1. The van der Waals surface area contributed by atoms with E-state index >= 15 is 0 Å². The summed E-state index contributed by atoms with van der Waals surface area (Å²) in [6, 6.07) is 29.6. The average Bonchev–Trinajstić information content (AvgIpc) is 3.33. The van der Waals surface area contributed by atoms with Gasteiger partial charge in [0.05, 0.1) is 28.0 Å². The van der Waals surface area contributed by atoms with E-state index in [0.29, 0.717) is 11.4 Å². The fourth-order valence-electron chi connectivity index (χ4n) is 4.56. The first kappa shape index (κ1) is 16.4. The predicted octanol–water partition coefficient (Wildman–Crippen LogP) is 6.28. The van der Waals surface area contributed by atoms with Crippen LogP contribution in [0.1, 0.15) is 10.4 Å². The van der Waals surface area contributed by atoms with Gasteiger partial charge in [-0.05, 0) is 54.6 Å². The lowest BCUT2D eigenvalue weighted by molar-refractivity contribution is 0.0973. The third kappa shape index (κ3) is 2.15. The van der Waals surface area contributed by atoms with Crippen molar-refractivity contribution in [1.82, 2.24) is 9.55 Å². The number of anilines is 3. The van der Waals surface area contributed by atoms with Crippen LogP contribution < -0.4 is 9.64 Å². The third-order valence-corrected chi connectivity index (χ3v) is 5.93. The van der Waals surface area contributed by atoms with Crippen LogP contribution in [-0.2, 0) is 0 Å². The molecule has 0 bridgehead atoms. The highest BCUT2D eigenvalue weighted by molar-refractivity contribution is 6.13. The number of aromatic nitrogens is 2. The number of hydrogen-bond acceptors (Lipinski definition) is 4. The van der Waals surface area contributed by atoms with Crippen molar-refractivity contribution in [3.63, 3.8) is 0 Å². The van der Waals surface area contributed by atoms with Gasteiger partial charge in [-0.3, -0.25) is 9.36 Å². The van der Waals surface area contributed by atoms with Gasteiger partial charge in [-0.25, -0.2) is 4.98 Å². The van der Waals surface area contributed by atoms with Crippen molar-refractivity contribution in [2.24, 2.45) is 0 Å². The quantitative estimate of drug-likeness (QED) is 0.325. The van der Waals surface area contributed by atoms with Crippen LogP contribution in [0, 0.1) is 0 Å². The summed E-state index contributed by atoms with van der Waals surface area (Å²) in [6.45, 7) is 0. The van der Waals surface area contributed by atoms with Gasteiger partial charge in [0, 0.05) is 11.3 Å². The molecule has 7 rings (SSSR count). The molecule has 3 heterocycles. The minimum Gasteiger partial charge on any atom is -0.453 e. The van der Waals surface area contributed by atoms with Crippen molar-refractivity contribution in [2.45, 2.75) is 0 Å². The van der Waals surface area contributed by atoms with Gasteiger partial charge in [0.1, 0.15) is 5.82 Å². The lowest BCUT2D eigenvalue weighted by atomic mass is 10.1. The Bertz CT molecular complexity index is 1500. The van der Waals surface area contributed by atoms with Gasteiger partial charge in [-0.1, -0.05) is 36.4 Å². The molecule has 5 aromatic rings. The van der Waals surface area contributed by atoms with Crippen LogP contribution >= 0.6 is 0 Å². The first-order chi connectivity index (χ1) is 15.3. The average molecular weight is 401 g/mol. The highest BCUT2D eigenvalue weighted by Crippen LogP contribution is 2.51. The summed E-state index contributed by atoms with van der Waals surface area (Å²) in [5, 5.41) is 0. The minimum atomic E-state index is -0.0342. The van der Waals surface area contributed by atoms with Gasteiger partial charge in [-0.15, -0.1) is 0 Å². The molecule has 2 aliphatic heterocycles. The van der Waals surface area contributed by atoms with Crippen molar-refractivity contribution in [3.05, 3.63) is 96.6 Å². The zero-order valence-corrected chi connectivity index (χ0v) is 16.3. The molecule has 0 spiro atoms. The van der Waals surface area contributed by atoms with E-state index in [1.807, 2.05) is 84.9 Å². The van der Waals surface area contributed by atoms with E-state index in [9.17, 15) is 4.79 Å². The van der Waals surface area contributed by atoms with E-state index in [1.54, 1.807) is 4.57 Å². The molecule has 1 aromatic heterocycles. The van der Waals surface area contributed by atoms with E-state index in [-0.39, 0.29) is 5.91 Å². The van der Waals surface area contributed by atoms with Crippen molar-refractivity contribution in [3.8, 4) is 22.9 Å². The number of carbonyl (C=O) groups is 1. The number of para-hydroxylation sites is 6. The summed E-state index contributed by atoms with van der Waals surface area (Å²) in [7, 11) is 0. The summed E-state index contributed by atoms with van der Waals surface area (Å²) in [6.07, 6.45) is 0. The van der Waals surface area contributed by atoms with Crippen molar-refractivity contribution in [2.75, 3.05) is 4.90 Å². The third-order valence-electron chi connectivity index (χ3n) is 5.93. The fraction of sp³-hybridized carbons (Fsp3) is 0. The van der Waals surface area contributed by atoms with Gasteiger partial charge in [0.25, 0.3) is 5.91 Å². The number of nitrogens with zero attached hydrogens (tertiary/aromatic N) is 3. The zero-order chi connectivity index (χ0) is 20.5. The number of imidazole rings is 1. The lowest BCUT2D eigenvalue weighted by Crippen LogP contribution is -2.15. The highest BCUT2D eigenvalue weighted by atomic mass is 16.5. The Balaban J connectivity index is 1.47. The van der Waals surface area contributed by atoms with Crippen LogP contribution in [0.15, 0.2) is 91.0 Å². The zero-order valence-electron chi connectivity index (χ0n) is 16.3. The van der Waals surface area contributed by atoms with Crippen LogP contribution in [0.3, 0.4) is 0 Å². The van der Waals surface area contributed by atoms with Crippen LogP contribution in [0.2, 0.25) is 0 Å². The smallest absolute Gasteiger partial charge is 0.264 e. The van der Waals surface area contributed by atoms with Crippen LogP contribution in [0.5, 0.6) is 11.5 Å². The van der Waals surface area contributed by atoms with Crippen molar-refractivity contribution in [1.29, 1.82) is 0 Å². The van der Waals surface area contributed by atoms with E-state index < -0.39 is 0 Å². The highest BCUT2D eigenvalue weighted by Gasteiger charge is 2.32. The van der Waals surface area contributed by atoms with Crippen LogP contribution in [-0.4, -0.2) is 15.5 Å². The fourth-order valence-corrected chi connectivity index (χ4v) is 4.56.